The Bertz CT molecular complexity index is 817. The second kappa shape index (κ2) is 8.93. The molecule has 0 radical (unpaired) electrons. The van der Waals surface area contributed by atoms with Crippen LogP contribution in [0, 0.1) is 0 Å². The van der Waals surface area contributed by atoms with Gasteiger partial charge in [0.1, 0.15) is 0 Å². The lowest BCUT2D eigenvalue weighted by Gasteiger charge is -2.14. The highest BCUT2D eigenvalue weighted by Crippen LogP contribution is 2.38. The average Bonchev–Trinajstić information content (AvgIpc) is 2.71. The van der Waals surface area contributed by atoms with Gasteiger partial charge in [0.15, 0.2) is 23.0 Å². The summed E-state index contributed by atoms with van der Waals surface area (Å²) >= 11 is 0. The maximum Gasteiger partial charge on any atom is 0.229 e. The molecule has 0 atom stereocenters. The van der Waals surface area contributed by atoms with Crippen LogP contribution in [0.25, 0.3) is 0 Å². The smallest absolute Gasteiger partial charge is 0.229 e. The van der Waals surface area contributed by atoms with Crippen molar-refractivity contribution in [3.05, 3.63) is 41.5 Å². The molecule has 0 unspecified atom stereocenters. The van der Waals surface area contributed by atoms with Crippen LogP contribution in [0.2, 0.25) is 0 Å². The zero-order valence-electron chi connectivity index (χ0n) is 16.0. The topological polar surface area (TPSA) is 80.3 Å². The number of ether oxygens (including phenoxy) is 5. The summed E-state index contributed by atoms with van der Waals surface area (Å²) in [6.45, 7) is 0. The fourth-order valence-electron chi connectivity index (χ4n) is 2.64. The largest absolute Gasteiger partial charge is 0.493 e. The molecule has 0 fully saturated rings. The summed E-state index contributed by atoms with van der Waals surface area (Å²) in [5.41, 5.74) is 0.799. The van der Waals surface area contributed by atoms with E-state index >= 15 is 0 Å². The third-order valence-corrected chi connectivity index (χ3v) is 3.99. The second-order valence-corrected chi connectivity index (χ2v) is 5.53. The molecule has 0 aliphatic heterocycles. The van der Waals surface area contributed by atoms with Gasteiger partial charge in [-0.1, -0.05) is 0 Å². The lowest BCUT2D eigenvalue weighted by molar-refractivity contribution is -0.114. The van der Waals surface area contributed by atoms with Crippen LogP contribution in [-0.4, -0.2) is 47.1 Å². The molecular weight excluding hydrogens is 352 g/mol. The van der Waals surface area contributed by atoms with Crippen LogP contribution in [0.15, 0.2) is 30.3 Å². The Morgan fingerprint density at radius 1 is 0.704 bits per heavy atom. The first-order valence-electron chi connectivity index (χ1n) is 8.07. The molecule has 0 bridgehead atoms. The molecule has 7 nitrogen and oxygen atoms in total. The molecule has 0 aliphatic carbocycles. The van der Waals surface area contributed by atoms with Crippen molar-refractivity contribution in [1.29, 1.82) is 0 Å². The van der Waals surface area contributed by atoms with Crippen molar-refractivity contribution >= 4 is 11.6 Å². The normalized spacial score (nSPS) is 10.1. The van der Waals surface area contributed by atoms with Crippen molar-refractivity contribution in [3.8, 4) is 28.7 Å². The van der Waals surface area contributed by atoms with Gasteiger partial charge in [-0.3, -0.25) is 9.59 Å². The van der Waals surface area contributed by atoms with E-state index in [9.17, 15) is 9.59 Å². The predicted octanol–water partition coefficient (Wildman–Crippen LogP) is 2.72. The van der Waals surface area contributed by atoms with Crippen LogP contribution >= 0.6 is 0 Å². The van der Waals surface area contributed by atoms with Gasteiger partial charge >= 0.3 is 0 Å². The molecule has 0 aliphatic rings. The third kappa shape index (κ3) is 4.31. The Morgan fingerprint density at radius 3 is 1.74 bits per heavy atom. The monoisotopic (exact) mass is 374 g/mol. The zero-order chi connectivity index (χ0) is 20.0. The summed E-state index contributed by atoms with van der Waals surface area (Å²) in [4.78, 5) is 25.0. The van der Waals surface area contributed by atoms with E-state index in [1.54, 1.807) is 18.2 Å². The summed E-state index contributed by atoms with van der Waals surface area (Å²) in [6, 6.07) is 7.87. The third-order valence-electron chi connectivity index (χ3n) is 3.99. The highest BCUT2D eigenvalue weighted by molar-refractivity contribution is 6.44. The number of rotatable bonds is 9. The molecule has 0 aromatic heterocycles. The minimum absolute atomic E-state index is 0.107. The Kier molecular flexibility index (Phi) is 6.65. The number of methoxy groups -OCH3 is 5. The number of carbonyl (C=O) groups excluding carboxylic acids is 2. The van der Waals surface area contributed by atoms with Crippen molar-refractivity contribution in [2.45, 2.75) is 6.42 Å². The van der Waals surface area contributed by atoms with Crippen LogP contribution < -0.4 is 23.7 Å². The fourth-order valence-corrected chi connectivity index (χ4v) is 2.64. The first kappa shape index (κ1) is 20.1. The Balaban J connectivity index is 2.28. The van der Waals surface area contributed by atoms with Gasteiger partial charge in [-0.05, 0) is 35.9 Å². The van der Waals surface area contributed by atoms with E-state index in [0.29, 0.717) is 34.3 Å². The van der Waals surface area contributed by atoms with E-state index in [1.165, 1.54) is 47.7 Å². The fraction of sp³-hybridized carbons (Fsp3) is 0.300. The first-order chi connectivity index (χ1) is 13.0. The zero-order valence-corrected chi connectivity index (χ0v) is 16.0. The molecule has 7 heteroatoms. The number of carbonyl (C=O) groups is 2. The van der Waals surface area contributed by atoms with Crippen molar-refractivity contribution in [3.63, 3.8) is 0 Å². The summed E-state index contributed by atoms with van der Waals surface area (Å²) in [5, 5.41) is 0. The van der Waals surface area contributed by atoms with Gasteiger partial charge in [-0.25, -0.2) is 0 Å². The number of benzene rings is 2. The Morgan fingerprint density at radius 2 is 1.26 bits per heavy atom. The maximum absolute atomic E-state index is 12.5. The summed E-state index contributed by atoms with van der Waals surface area (Å²) in [6.07, 6.45) is -0.107. The minimum Gasteiger partial charge on any atom is -0.493 e. The van der Waals surface area contributed by atoms with Crippen molar-refractivity contribution in [2.75, 3.05) is 35.5 Å². The first-order valence-corrected chi connectivity index (χ1v) is 8.07. The Labute approximate surface area is 157 Å². The lowest BCUT2D eigenvalue weighted by atomic mass is 10.0. The van der Waals surface area contributed by atoms with E-state index in [0.717, 1.165) is 0 Å². The van der Waals surface area contributed by atoms with Gasteiger partial charge in [-0.15, -0.1) is 0 Å². The summed E-state index contributed by atoms with van der Waals surface area (Å²) in [5.74, 6) is 0.912. The van der Waals surface area contributed by atoms with Gasteiger partial charge in [-0.2, -0.15) is 0 Å². The highest BCUT2D eigenvalue weighted by Gasteiger charge is 2.21. The minimum atomic E-state index is -0.621. The Hall–Kier alpha value is -3.22. The molecule has 0 N–H and O–H groups in total. The molecule has 2 aromatic carbocycles. The van der Waals surface area contributed by atoms with Crippen LogP contribution in [-0.2, 0) is 11.2 Å². The molecule has 144 valence electrons. The molecule has 2 rings (SSSR count). The standard InChI is InChI=1S/C20H22O7/c1-23-15-7-6-13(11-16(15)24-2)19(22)14(21)8-12-9-17(25-3)20(27-5)18(10-12)26-4/h6-7,9-11H,8H2,1-5H3. The van der Waals surface area contributed by atoms with Crippen molar-refractivity contribution in [2.24, 2.45) is 0 Å². The number of ketones is 2. The van der Waals surface area contributed by atoms with Gasteiger partial charge in [0, 0.05) is 12.0 Å². The molecule has 2 aromatic rings. The van der Waals surface area contributed by atoms with Crippen molar-refractivity contribution < 1.29 is 33.3 Å². The highest BCUT2D eigenvalue weighted by atomic mass is 16.5. The van der Waals surface area contributed by atoms with Gasteiger partial charge in [0.25, 0.3) is 0 Å². The molecule has 0 saturated heterocycles. The van der Waals surface area contributed by atoms with Crippen LogP contribution in [0.5, 0.6) is 28.7 Å². The summed E-state index contributed by atoms with van der Waals surface area (Å²) in [7, 11) is 7.42. The predicted molar refractivity (Wildman–Crippen MR) is 98.7 cm³/mol. The van der Waals surface area contributed by atoms with Crippen LogP contribution in [0.4, 0.5) is 0 Å². The molecular formula is C20H22O7. The van der Waals surface area contributed by atoms with E-state index in [2.05, 4.69) is 0 Å². The second-order valence-electron chi connectivity index (χ2n) is 5.53. The quantitative estimate of drug-likeness (QED) is 0.493. The van der Waals surface area contributed by atoms with E-state index < -0.39 is 11.6 Å². The van der Waals surface area contributed by atoms with E-state index in [1.807, 2.05) is 0 Å². The molecule has 0 spiro atoms. The molecule has 0 saturated carbocycles. The lowest BCUT2D eigenvalue weighted by Crippen LogP contribution is -2.17. The van der Waals surface area contributed by atoms with Gasteiger partial charge < -0.3 is 23.7 Å². The number of hydrogen-bond acceptors (Lipinski definition) is 7. The summed E-state index contributed by atoms with van der Waals surface area (Å²) < 4.78 is 26.1. The average molecular weight is 374 g/mol. The van der Waals surface area contributed by atoms with E-state index in [4.69, 9.17) is 23.7 Å². The molecule has 0 heterocycles. The van der Waals surface area contributed by atoms with Crippen molar-refractivity contribution in [1.82, 2.24) is 0 Å². The van der Waals surface area contributed by atoms with Crippen LogP contribution in [0.3, 0.4) is 0 Å². The number of Topliss-reactive ketones (excluding diaryl/α,β-unsaturated/α-hetero) is 2. The molecule has 0 amide bonds. The SMILES string of the molecule is COc1ccc(C(=O)C(=O)Cc2cc(OC)c(OC)c(OC)c2)cc1OC. The molecule has 27 heavy (non-hydrogen) atoms. The van der Waals surface area contributed by atoms with E-state index in [-0.39, 0.29) is 12.0 Å². The van der Waals surface area contributed by atoms with Crippen LogP contribution in [0.1, 0.15) is 15.9 Å². The van der Waals surface area contributed by atoms with Gasteiger partial charge in [0.2, 0.25) is 17.3 Å². The van der Waals surface area contributed by atoms with Gasteiger partial charge in [0.05, 0.1) is 35.5 Å². The number of hydrogen-bond donors (Lipinski definition) is 0. The maximum atomic E-state index is 12.5.